The first-order valence-electron chi connectivity index (χ1n) is 41.1. The Labute approximate surface area is 696 Å². The largest absolute Gasteiger partial charge is 0.469 e. The highest BCUT2D eigenvalue weighted by Crippen LogP contribution is 2.67. The average molecular weight is 1690 g/mol. The zero-order valence-electron chi connectivity index (χ0n) is 72.8. The summed E-state index contributed by atoms with van der Waals surface area (Å²) in [6, 6.07) is 0. The molecule has 0 aromatic carbocycles. The van der Waals surface area contributed by atoms with E-state index in [1.807, 2.05) is 41.5 Å². The molecule has 119 heavy (non-hydrogen) atoms. The summed E-state index contributed by atoms with van der Waals surface area (Å²) in [6.45, 7) is 24.7. The van der Waals surface area contributed by atoms with Crippen molar-refractivity contribution >= 4 is 101 Å². The standard InChI is InChI=1S/C15H22O4.2C14H20O4.C12H14O6.3C8H14O4.C6H10O4/c1-10(16)19-9-14-4-11-3-12(5-14)7-15(6-11,8-14)13(17)18-2;1-9(15)18-14-6-10-3-11(7-14)5-13(4-10,8-14)12(16)17-2;1-8(15)18-12-10-3-9-4-11(12)7-14(5-9,6-10)13(16)17-2;1-4(13)17-9-5-3-6-8(7(5)11(14)16-2)12(15)18-10(6)9;3*1-6(2)4-12-8(10)5-11-7(3)9;1-3-9-6(8)4-10-5(2)7/h11-12H,3-9H2,1-2H3;10-11H,3-8H2,1-2H3;9-12H,3-7H2,1-2H3;5-10H,3H2,1-2H3;3*6H,4-5H2,1-3H3;3-4H2,1-2H3. The summed E-state index contributed by atoms with van der Waals surface area (Å²) in [7, 11) is 5.72. The Morgan fingerprint density at radius 1 is 0.378 bits per heavy atom. The van der Waals surface area contributed by atoms with Crippen LogP contribution in [0.3, 0.4) is 0 Å². The van der Waals surface area contributed by atoms with Crippen LogP contribution < -0.4 is 0 Å². The van der Waals surface area contributed by atoms with Crippen molar-refractivity contribution in [3.63, 3.8) is 0 Å². The third-order valence-electron chi connectivity index (χ3n) is 23.4. The molecule has 1 saturated heterocycles. The number of hydrogen-bond donors (Lipinski definition) is 0. The van der Waals surface area contributed by atoms with Crippen LogP contribution in [0.4, 0.5) is 0 Å². The highest BCUT2D eigenvalue weighted by molar-refractivity contribution is 5.87. The minimum atomic E-state index is -0.532. The Hall–Kier alpha value is -9.01. The van der Waals surface area contributed by atoms with Gasteiger partial charge in [0.25, 0.3) is 0 Å². The number of rotatable bonds is 24. The molecular formula is C85H128O34. The maximum Gasteiger partial charge on any atom is 0.344 e. The fourth-order valence-corrected chi connectivity index (χ4v) is 20.8. The number of ether oxygens (including phenoxy) is 17. The molecule has 1 aliphatic heterocycles. The maximum absolute atomic E-state index is 12.2. The van der Waals surface area contributed by atoms with Crippen molar-refractivity contribution in [2.24, 2.45) is 105 Å². The highest BCUT2D eigenvalue weighted by Gasteiger charge is 2.70. The van der Waals surface area contributed by atoms with Gasteiger partial charge in [-0.05, 0) is 175 Å². The monoisotopic (exact) mass is 1690 g/mol. The van der Waals surface area contributed by atoms with Gasteiger partial charge in [-0.25, -0.2) is 19.2 Å². The fraction of sp³-hybridized carbons (Fsp3) is 0.800. The first-order valence-corrected chi connectivity index (χ1v) is 41.1. The molecule has 0 aromatic rings. The first kappa shape index (κ1) is 101. The Balaban J connectivity index is 0.000000245. The van der Waals surface area contributed by atoms with E-state index >= 15 is 0 Å². The Bertz CT molecular complexity index is 3440. The van der Waals surface area contributed by atoms with Gasteiger partial charge in [-0.1, -0.05) is 41.5 Å². The van der Waals surface area contributed by atoms with Gasteiger partial charge in [0.1, 0.15) is 23.9 Å². The summed E-state index contributed by atoms with van der Waals surface area (Å²) in [4.78, 5) is 188. The number of methoxy groups -OCH3 is 4. The molecule has 34 nitrogen and oxygen atoms in total. The molecule has 15 rings (SSSR count). The van der Waals surface area contributed by atoms with E-state index < -0.39 is 77.6 Å². The van der Waals surface area contributed by atoms with Crippen molar-refractivity contribution in [2.45, 2.75) is 243 Å². The van der Waals surface area contributed by atoms with Gasteiger partial charge >= 0.3 is 101 Å². The summed E-state index contributed by atoms with van der Waals surface area (Å²) in [5, 5.41) is 0. The first-order chi connectivity index (χ1) is 55.7. The minimum absolute atomic E-state index is 0.0176. The van der Waals surface area contributed by atoms with Gasteiger partial charge in [0.15, 0.2) is 26.4 Å². The van der Waals surface area contributed by atoms with Crippen molar-refractivity contribution in [3.05, 3.63) is 0 Å². The molecule has 672 valence electrons. The molecule has 0 spiro atoms. The number of fused-ring (bicyclic) bond motifs is 1. The topological polar surface area (TPSA) is 447 Å². The van der Waals surface area contributed by atoms with Crippen molar-refractivity contribution < 1.29 is 162 Å². The molecule has 12 unspecified atom stereocenters. The van der Waals surface area contributed by atoms with E-state index in [1.165, 1.54) is 96.7 Å². The van der Waals surface area contributed by atoms with Crippen LogP contribution in [0.15, 0.2) is 0 Å². The van der Waals surface area contributed by atoms with E-state index in [0.717, 1.165) is 89.9 Å². The lowest BCUT2D eigenvalue weighted by molar-refractivity contribution is -0.210. The molecule has 14 bridgehead atoms. The second-order valence-electron chi connectivity index (χ2n) is 35.1. The molecule has 14 aliphatic carbocycles. The lowest BCUT2D eigenvalue weighted by atomic mass is 9.44. The number of hydrogen-bond acceptors (Lipinski definition) is 34. The van der Waals surface area contributed by atoms with E-state index in [2.05, 4.69) is 23.7 Å². The van der Waals surface area contributed by atoms with E-state index in [0.29, 0.717) is 105 Å². The summed E-state index contributed by atoms with van der Waals surface area (Å²) in [6.07, 6.45) is 16.5. The maximum atomic E-state index is 12.2. The summed E-state index contributed by atoms with van der Waals surface area (Å²) in [5.74, 6) is -2.61. The lowest BCUT2D eigenvalue weighted by Gasteiger charge is -2.60. The number of carbonyl (C=O) groups excluding carboxylic acids is 17. The molecule has 14 saturated carbocycles. The number of carbonyl (C=O) groups is 17. The summed E-state index contributed by atoms with van der Waals surface area (Å²) in [5.41, 5.74) is -1.30. The van der Waals surface area contributed by atoms with Crippen LogP contribution in [-0.2, 0) is 162 Å². The van der Waals surface area contributed by atoms with Gasteiger partial charge in [-0.3, -0.25) is 62.3 Å². The molecule has 0 aromatic heterocycles. The van der Waals surface area contributed by atoms with Crippen LogP contribution in [0, 0.1) is 105 Å². The van der Waals surface area contributed by atoms with Crippen molar-refractivity contribution in [1.82, 2.24) is 0 Å². The molecule has 1 heterocycles. The van der Waals surface area contributed by atoms with Crippen molar-refractivity contribution in [2.75, 3.05) is 87.9 Å². The van der Waals surface area contributed by atoms with Gasteiger partial charge in [-0.2, -0.15) is 0 Å². The van der Waals surface area contributed by atoms with Gasteiger partial charge in [0.2, 0.25) is 0 Å². The number of esters is 17. The van der Waals surface area contributed by atoms with Gasteiger partial charge in [0.05, 0.1) is 89.6 Å². The Morgan fingerprint density at radius 2 is 0.748 bits per heavy atom. The second kappa shape index (κ2) is 45.6. The van der Waals surface area contributed by atoms with E-state index in [4.69, 9.17) is 56.8 Å². The molecule has 0 radical (unpaired) electrons. The normalized spacial score (nSPS) is 30.7. The second-order valence-corrected chi connectivity index (χ2v) is 35.1. The van der Waals surface area contributed by atoms with Crippen LogP contribution in [0.1, 0.15) is 219 Å². The molecule has 0 N–H and O–H groups in total. The predicted molar refractivity (Wildman–Crippen MR) is 412 cm³/mol. The smallest absolute Gasteiger partial charge is 0.344 e. The molecular weight excluding hydrogens is 1560 g/mol. The van der Waals surface area contributed by atoms with Crippen LogP contribution in [0.5, 0.6) is 0 Å². The van der Waals surface area contributed by atoms with Gasteiger partial charge < -0.3 is 80.5 Å². The van der Waals surface area contributed by atoms with E-state index in [-0.39, 0.29) is 120 Å². The summed E-state index contributed by atoms with van der Waals surface area (Å²) < 4.78 is 83.0. The molecule has 12 atom stereocenters. The summed E-state index contributed by atoms with van der Waals surface area (Å²) >= 11 is 0. The van der Waals surface area contributed by atoms with Crippen LogP contribution in [0.25, 0.3) is 0 Å². The van der Waals surface area contributed by atoms with Crippen LogP contribution >= 0.6 is 0 Å². The quantitative estimate of drug-likeness (QED) is 0.0644. The predicted octanol–water partition coefficient (Wildman–Crippen LogP) is 8.55. The Kier molecular flexibility index (Phi) is 38.5. The third-order valence-corrected chi connectivity index (χ3v) is 23.4. The van der Waals surface area contributed by atoms with E-state index in [1.54, 1.807) is 6.92 Å². The van der Waals surface area contributed by atoms with Gasteiger partial charge in [-0.15, -0.1) is 0 Å². The molecule has 0 amide bonds. The Morgan fingerprint density at radius 3 is 1.11 bits per heavy atom. The highest BCUT2D eigenvalue weighted by atomic mass is 16.6. The zero-order chi connectivity index (χ0) is 89.2. The van der Waals surface area contributed by atoms with Crippen LogP contribution in [-0.4, -0.2) is 213 Å². The molecule has 34 heteroatoms. The van der Waals surface area contributed by atoms with Crippen LogP contribution in [0.2, 0.25) is 0 Å². The fourth-order valence-electron chi connectivity index (χ4n) is 20.8. The zero-order valence-corrected chi connectivity index (χ0v) is 72.8. The molecule has 15 fully saturated rings. The SMILES string of the molecule is CC(=O)OCC(=O)OCC(C)C.CC(=O)OCC(=O)OCC(C)C.CC(=O)OCC(=O)OCC(C)C.CCOC(=O)COC(C)=O.COC(=O)C12CC3CC(C1)C(OC(C)=O)C(C3)C2.COC(=O)C12CC3CC(CC(COC(C)=O)(C3)C1)C2.COC(=O)C12CC3CC(CC(OC(C)=O)(C3)C1)C2.COC(=O)C1C2CC3C(OC(=O)C31)C2OC(C)=O. The van der Waals surface area contributed by atoms with Crippen molar-refractivity contribution in [3.8, 4) is 0 Å². The average Bonchev–Trinajstić information content (AvgIpc) is 1.68. The van der Waals surface area contributed by atoms with E-state index in [9.17, 15) is 81.5 Å². The minimum Gasteiger partial charge on any atom is -0.469 e. The van der Waals surface area contributed by atoms with Gasteiger partial charge in [0, 0.05) is 79.1 Å². The third kappa shape index (κ3) is 29.7. The molecule has 15 aliphatic rings. The lowest BCUT2D eigenvalue weighted by Crippen LogP contribution is -2.59. The van der Waals surface area contributed by atoms with Crippen molar-refractivity contribution in [1.29, 1.82) is 0 Å².